The molecule has 3 heterocycles. The summed E-state index contributed by atoms with van der Waals surface area (Å²) in [6, 6.07) is 10.2. The quantitative estimate of drug-likeness (QED) is 0.792. The molecule has 0 aliphatic carbocycles. The van der Waals surface area contributed by atoms with E-state index in [-0.39, 0.29) is 0 Å². The smallest absolute Gasteiger partial charge is 0.225 e. The molecule has 6 heteroatoms. The van der Waals surface area contributed by atoms with Crippen molar-refractivity contribution in [3.8, 4) is 11.5 Å². The van der Waals surface area contributed by atoms with Crippen molar-refractivity contribution >= 4 is 0 Å². The average Bonchev–Trinajstić information content (AvgIpc) is 3.30. The molecule has 0 spiro atoms. The Bertz CT molecular complexity index is 815. The lowest BCUT2D eigenvalue weighted by molar-refractivity contribution is -0.0337. The fourth-order valence-electron chi connectivity index (χ4n) is 3.54. The molecule has 6 nitrogen and oxygen atoms in total. The van der Waals surface area contributed by atoms with E-state index in [2.05, 4.69) is 27.1 Å². The summed E-state index contributed by atoms with van der Waals surface area (Å²) in [5.41, 5.74) is 2.37. The summed E-state index contributed by atoms with van der Waals surface area (Å²) in [5.74, 6) is 0.644. The van der Waals surface area contributed by atoms with Crippen LogP contribution in [-0.2, 0) is 19.2 Å². The summed E-state index contributed by atoms with van der Waals surface area (Å²) in [7, 11) is 1.88. The predicted molar refractivity (Wildman–Crippen MR) is 93.6 cm³/mol. The minimum absolute atomic E-state index is 0.644. The van der Waals surface area contributed by atoms with Crippen LogP contribution in [-0.4, -0.2) is 37.9 Å². The van der Waals surface area contributed by atoms with Crippen LogP contribution in [0.25, 0.3) is 11.5 Å². The van der Waals surface area contributed by atoms with Gasteiger partial charge in [0.25, 0.3) is 0 Å². The minimum atomic E-state index is -0.767. The Morgan fingerprint density at radius 3 is 2.48 bits per heavy atom. The van der Waals surface area contributed by atoms with Crippen molar-refractivity contribution in [2.45, 2.75) is 25.0 Å². The van der Waals surface area contributed by atoms with Crippen molar-refractivity contribution in [2.24, 2.45) is 7.05 Å². The summed E-state index contributed by atoms with van der Waals surface area (Å²) >= 11 is 0. The molecule has 0 unspecified atom stereocenters. The van der Waals surface area contributed by atoms with Crippen LogP contribution in [0.5, 0.6) is 0 Å². The van der Waals surface area contributed by atoms with Gasteiger partial charge in [0.05, 0.1) is 11.9 Å². The number of nitrogens with zero attached hydrogens (tertiary/aromatic N) is 4. The third kappa shape index (κ3) is 3.23. The van der Waals surface area contributed by atoms with Crippen LogP contribution in [0.1, 0.15) is 24.1 Å². The van der Waals surface area contributed by atoms with Crippen LogP contribution in [0.2, 0.25) is 0 Å². The van der Waals surface area contributed by atoms with Crippen LogP contribution in [0.3, 0.4) is 0 Å². The molecule has 25 heavy (non-hydrogen) atoms. The molecular weight excluding hydrogens is 316 g/mol. The highest BCUT2D eigenvalue weighted by molar-refractivity contribution is 5.53. The summed E-state index contributed by atoms with van der Waals surface area (Å²) in [5, 5.41) is 15.1. The van der Waals surface area contributed by atoms with E-state index in [0.29, 0.717) is 5.89 Å². The van der Waals surface area contributed by atoms with Crippen molar-refractivity contribution in [2.75, 3.05) is 13.1 Å². The Labute approximate surface area is 146 Å². The predicted octanol–water partition coefficient (Wildman–Crippen LogP) is 2.56. The van der Waals surface area contributed by atoms with Gasteiger partial charge < -0.3 is 9.52 Å². The summed E-state index contributed by atoms with van der Waals surface area (Å²) in [6.45, 7) is 2.61. The Balaban J connectivity index is 1.38. The zero-order valence-electron chi connectivity index (χ0n) is 14.3. The first kappa shape index (κ1) is 16.1. The molecule has 0 saturated carbocycles. The molecule has 1 aliphatic heterocycles. The average molecular weight is 338 g/mol. The number of piperidine rings is 1. The number of likely N-dealkylation sites (tertiary alicyclic amines) is 1. The highest BCUT2D eigenvalue weighted by Gasteiger charge is 2.36. The van der Waals surface area contributed by atoms with E-state index in [1.54, 1.807) is 23.3 Å². The summed E-state index contributed by atoms with van der Waals surface area (Å²) in [4.78, 5) is 6.55. The van der Waals surface area contributed by atoms with Gasteiger partial charge in [-0.3, -0.25) is 9.58 Å². The van der Waals surface area contributed by atoms with Crippen LogP contribution >= 0.6 is 0 Å². The standard InChI is InChI=1S/C19H22N4O2/c1-22-17(6-9-21-22)19(24)7-11-23(12-8-19)14-15-2-4-16(5-3-15)18-20-10-13-25-18/h2-6,9-10,13,24H,7-8,11-12,14H2,1H3. The third-order valence-corrected chi connectivity index (χ3v) is 5.02. The van der Waals surface area contributed by atoms with Gasteiger partial charge in [-0.2, -0.15) is 5.10 Å². The van der Waals surface area contributed by atoms with E-state index in [1.807, 2.05) is 25.2 Å². The fraction of sp³-hybridized carbons (Fsp3) is 0.368. The van der Waals surface area contributed by atoms with Crippen molar-refractivity contribution < 1.29 is 9.52 Å². The summed E-state index contributed by atoms with van der Waals surface area (Å²) < 4.78 is 7.10. The molecule has 4 rings (SSSR count). The number of aromatic nitrogens is 3. The van der Waals surface area contributed by atoms with Crippen molar-refractivity contribution in [3.63, 3.8) is 0 Å². The van der Waals surface area contributed by atoms with E-state index in [9.17, 15) is 5.11 Å². The molecule has 130 valence electrons. The van der Waals surface area contributed by atoms with Crippen molar-refractivity contribution in [3.05, 3.63) is 60.2 Å². The van der Waals surface area contributed by atoms with Crippen molar-refractivity contribution in [1.82, 2.24) is 19.7 Å². The molecular formula is C19H22N4O2. The molecule has 0 radical (unpaired) electrons. The minimum Gasteiger partial charge on any atom is -0.445 e. The lowest BCUT2D eigenvalue weighted by Crippen LogP contribution is -2.43. The van der Waals surface area contributed by atoms with Gasteiger partial charge in [0.15, 0.2) is 0 Å². The number of aryl methyl sites for hydroxylation is 1. The number of hydrogen-bond donors (Lipinski definition) is 1. The highest BCUT2D eigenvalue weighted by atomic mass is 16.3. The van der Waals surface area contributed by atoms with Gasteiger partial charge in [0.2, 0.25) is 5.89 Å². The fourth-order valence-corrected chi connectivity index (χ4v) is 3.54. The monoisotopic (exact) mass is 338 g/mol. The first-order valence-corrected chi connectivity index (χ1v) is 8.56. The maximum atomic E-state index is 10.9. The molecule has 1 saturated heterocycles. The third-order valence-electron chi connectivity index (χ3n) is 5.02. The second-order valence-corrected chi connectivity index (χ2v) is 6.68. The highest BCUT2D eigenvalue weighted by Crippen LogP contribution is 2.32. The molecule has 0 atom stereocenters. The Morgan fingerprint density at radius 2 is 1.88 bits per heavy atom. The van der Waals surface area contributed by atoms with Gasteiger partial charge in [-0.1, -0.05) is 12.1 Å². The first-order chi connectivity index (χ1) is 12.1. The van der Waals surface area contributed by atoms with Crippen LogP contribution in [0.15, 0.2) is 53.4 Å². The van der Waals surface area contributed by atoms with Crippen LogP contribution in [0.4, 0.5) is 0 Å². The number of rotatable bonds is 4. The molecule has 2 aromatic heterocycles. The van der Waals surface area contributed by atoms with Crippen molar-refractivity contribution in [1.29, 1.82) is 0 Å². The Kier molecular flexibility index (Phi) is 4.15. The second kappa shape index (κ2) is 6.46. The Morgan fingerprint density at radius 1 is 1.12 bits per heavy atom. The number of benzene rings is 1. The molecule has 1 aliphatic rings. The number of hydrogen-bond acceptors (Lipinski definition) is 5. The lowest BCUT2D eigenvalue weighted by atomic mass is 9.88. The van der Waals surface area contributed by atoms with Gasteiger partial charge in [0.1, 0.15) is 11.9 Å². The first-order valence-electron chi connectivity index (χ1n) is 8.56. The molecule has 1 aromatic carbocycles. The van der Waals surface area contributed by atoms with Gasteiger partial charge >= 0.3 is 0 Å². The van der Waals surface area contributed by atoms with Gasteiger partial charge in [-0.25, -0.2) is 4.98 Å². The zero-order chi connectivity index (χ0) is 17.3. The normalized spacial score (nSPS) is 17.7. The SMILES string of the molecule is Cn1nccc1C1(O)CCN(Cc2ccc(-c3ncco3)cc2)CC1. The molecule has 0 amide bonds. The van der Waals surface area contributed by atoms with E-state index in [0.717, 1.165) is 43.7 Å². The molecule has 0 bridgehead atoms. The number of aliphatic hydroxyl groups is 1. The molecule has 1 N–H and O–H groups in total. The maximum Gasteiger partial charge on any atom is 0.225 e. The van der Waals surface area contributed by atoms with Gasteiger partial charge in [-0.15, -0.1) is 0 Å². The van der Waals surface area contributed by atoms with Crippen LogP contribution in [0, 0.1) is 0 Å². The lowest BCUT2D eigenvalue weighted by Gasteiger charge is -2.38. The van der Waals surface area contributed by atoms with Gasteiger partial charge in [0, 0.05) is 38.4 Å². The van der Waals surface area contributed by atoms with Gasteiger partial charge in [-0.05, 0) is 36.6 Å². The van der Waals surface area contributed by atoms with E-state index < -0.39 is 5.60 Å². The molecule has 1 fully saturated rings. The Hall–Kier alpha value is -2.44. The summed E-state index contributed by atoms with van der Waals surface area (Å²) in [6.07, 6.45) is 6.43. The molecule has 3 aromatic rings. The van der Waals surface area contributed by atoms with E-state index in [1.165, 1.54) is 5.56 Å². The van der Waals surface area contributed by atoms with Crippen LogP contribution < -0.4 is 0 Å². The largest absolute Gasteiger partial charge is 0.445 e. The van der Waals surface area contributed by atoms with E-state index >= 15 is 0 Å². The van der Waals surface area contributed by atoms with E-state index in [4.69, 9.17) is 4.42 Å². The maximum absolute atomic E-state index is 10.9. The second-order valence-electron chi connectivity index (χ2n) is 6.68. The number of oxazole rings is 1. The topological polar surface area (TPSA) is 67.3 Å². The zero-order valence-corrected chi connectivity index (χ0v) is 14.3.